The lowest BCUT2D eigenvalue weighted by Gasteiger charge is -2.28. The molecule has 4 nitrogen and oxygen atoms in total. The molecule has 0 radical (unpaired) electrons. The van der Waals surface area contributed by atoms with Crippen molar-refractivity contribution in [2.45, 2.75) is 32.2 Å². The first-order chi connectivity index (χ1) is 13.4. The Hall–Kier alpha value is -2.05. The molecule has 28 heavy (non-hydrogen) atoms. The lowest BCUT2D eigenvalue weighted by Crippen LogP contribution is -2.48. The highest BCUT2D eigenvalue weighted by atomic mass is 35.5. The lowest BCUT2D eigenvalue weighted by atomic mass is 10.1. The Morgan fingerprint density at radius 2 is 1.71 bits per heavy atom. The van der Waals surface area contributed by atoms with Crippen LogP contribution in [0.15, 0.2) is 48.5 Å². The average molecular weight is 423 g/mol. The van der Waals surface area contributed by atoms with Crippen LogP contribution in [0.1, 0.15) is 25.0 Å². The standard InChI is InChI=1S/C21H24ClFN2O2S/c1-3-24-21(27)15(2)25(12-16-4-8-18(22)9-5-16)20(26)14-28-13-17-6-10-19(23)11-7-17/h4-11,15H,3,12-14H2,1-2H3,(H,24,27). The highest BCUT2D eigenvalue weighted by Crippen LogP contribution is 2.17. The van der Waals surface area contributed by atoms with E-state index in [1.165, 1.54) is 23.9 Å². The van der Waals surface area contributed by atoms with Crippen molar-refractivity contribution >= 4 is 35.2 Å². The zero-order valence-corrected chi connectivity index (χ0v) is 17.5. The molecule has 150 valence electrons. The molecular formula is C21H24ClFN2O2S. The third kappa shape index (κ3) is 6.84. The van der Waals surface area contributed by atoms with Crippen LogP contribution in [0, 0.1) is 5.82 Å². The number of carbonyl (C=O) groups is 2. The minimum absolute atomic E-state index is 0.124. The summed E-state index contributed by atoms with van der Waals surface area (Å²) in [5, 5.41) is 3.39. The monoisotopic (exact) mass is 422 g/mol. The number of hydrogen-bond donors (Lipinski definition) is 1. The number of thioether (sulfide) groups is 1. The highest BCUT2D eigenvalue weighted by molar-refractivity contribution is 7.99. The smallest absolute Gasteiger partial charge is 0.242 e. The molecule has 0 fully saturated rings. The van der Waals surface area contributed by atoms with Crippen molar-refractivity contribution in [3.05, 3.63) is 70.5 Å². The third-order valence-corrected chi connectivity index (χ3v) is 5.43. The van der Waals surface area contributed by atoms with E-state index in [-0.39, 0.29) is 23.4 Å². The number of likely N-dealkylation sites (N-methyl/N-ethyl adjacent to an activating group) is 1. The number of nitrogens with zero attached hydrogens (tertiary/aromatic N) is 1. The van der Waals surface area contributed by atoms with Crippen LogP contribution in [-0.4, -0.2) is 35.1 Å². The van der Waals surface area contributed by atoms with Crippen molar-refractivity contribution in [3.63, 3.8) is 0 Å². The predicted molar refractivity (Wildman–Crippen MR) is 113 cm³/mol. The molecule has 0 aromatic heterocycles. The van der Waals surface area contributed by atoms with Crippen molar-refractivity contribution in [2.24, 2.45) is 0 Å². The zero-order valence-electron chi connectivity index (χ0n) is 16.0. The summed E-state index contributed by atoms with van der Waals surface area (Å²) in [6, 6.07) is 12.8. The second-order valence-corrected chi connectivity index (χ2v) is 7.76. The molecule has 0 heterocycles. The number of nitrogens with one attached hydrogen (secondary N) is 1. The molecule has 0 aliphatic carbocycles. The van der Waals surface area contributed by atoms with E-state index in [4.69, 9.17) is 11.6 Å². The first kappa shape index (κ1) is 22.2. The quantitative estimate of drug-likeness (QED) is 0.656. The van der Waals surface area contributed by atoms with E-state index in [2.05, 4.69) is 5.32 Å². The van der Waals surface area contributed by atoms with Crippen molar-refractivity contribution < 1.29 is 14.0 Å². The van der Waals surface area contributed by atoms with Gasteiger partial charge in [0, 0.05) is 23.9 Å². The molecule has 2 aromatic rings. The van der Waals surface area contributed by atoms with E-state index in [9.17, 15) is 14.0 Å². The van der Waals surface area contributed by atoms with Crippen LogP contribution in [0.25, 0.3) is 0 Å². The largest absolute Gasteiger partial charge is 0.355 e. The van der Waals surface area contributed by atoms with E-state index < -0.39 is 6.04 Å². The number of carbonyl (C=O) groups excluding carboxylic acids is 2. The molecular weight excluding hydrogens is 399 g/mol. The van der Waals surface area contributed by atoms with E-state index in [0.29, 0.717) is 23.9 Å². The van der Waals surface area contributed by atoms with Crippen molar-refractivity contribution in [3.8, 4) is 0 Å². The van der Waals surface area contributed by atoms with Gasteiger partial charge in [0.1, 0.15) is 11.9 Å². The van der Waals surface area contributed by atoms with Gasteiger partial charge in [-0.05, 0) is 49.2 Å². The summed E-state index contributed by atoms with van der Waals surface area (Å²) in [6.07, 6.45) is 0. The molecule has 2 rings (SSSR count). The van der Waals surface area contributed by atoms with E-state index in [0.717, 1.165) is 11.1 Å². The summed E-state index contributed by atoms with van der Waals surface area (Å²) >= 11 is 7.37. The second-order valence-electron chi connectivity index (χ2n) is 6.34. The van der Waals surface area contributed by atoms with Gasteiger partial charge in [-0.2, -0.15) is 0 Å². The molecule has 0 spiro atoms. The van der Waals surface area contributed by atoms with E-state index >= 15 is 0 Å². The summed E-state index contributed by atoms with van der Waals surface area (Å²) in [4.78, 5) is 26.7. The Kier molecular flexibility index (Phi) is 8.80. The summed E-state index contributed by atoms with van der Waals surface area (Å²) in [6.45, 7) is 4.40. The third-order valence-electron chi connectivity index (χ3n) is 4.19. The maximum absolute atomic E-state index is 13.0. The van der Waals surface area contributed by atoms with Gasteiger partial charge in [-0.15, -0.1) is 11.8 Å². The maximum Gasteiger partial charge on any atom is 0.242 e. The molecule has 2 aromatic carbocycles. The molecule has 0 saturated heterocycles. The van der Waals surface area contributed by atoms with E-state index in [1.54, 1.807) is 36.1 Å². The van der Waals surface area contributed by atoms with Gasteiger partial charge in [0.05, 0.1) is 5.75 Å². The van der Waals surface area contributed by atoms with Gasteiger partial charge in [-0.1, -0.05) is 35.9 Å². The Balaban J connectivity index is 2.03. The van der Waals surface area contributed by atoms with Crippen LogP contribution in [0.5, 0.6) is 0 Å². The number of amides is 2. The predicted octanol–water partition coefficient (Wildman–Crippen LogP) is 4.27. The van der Waals surface area contributed by atoms with Gasteiger partial charge in [0.2, 0.25) is 11.8 Å². The van der Waals surface area contributed by atoms with E-state index in [1.807, 2.05) is 19.1 Å². The topological polar surface area (TPSA) is 49.4 Å². The number of benzene rings is 2. The normalized spacial score (nSPS) is 11.7. The van der Waals surface area contributed by atoms with Crippen molar-refractivity contribution in [1.82, 2.24) is 10.2 Å². The van der Waals surface area contributed by atoms with Crippen LogP contribution in [-0.2, 0) is 21.9 Å². The molecule has 1 unspecified atom stereocenters. The first-order valence-corrected chi connectivity index (χ1v) is 10.6. The van der Waals surface area contributed by atoms with Crippen LogP contribution in [0.2, 0.25) is 5.02 Å². The van der Waals surface area contributed by atoms with Gasteiger partial charge in [-0.3, -0.25) is 9.59 Å². The SMILES string of the molecule is CCNC(=O)C(C)N(Cc1ccc(Cl)cc1)C(=O)CSCc1ccc(F)cc1. The Morgan fingerprint density at radius 3 is 2.32 bits per heavy atom. The van der Waals surface area contributed by atoms with Gasteiger partial charge < -0.3 is 10.2 Å². The molecule has 1 atom stereocenters. The molecule has 2 amide bonds. The van der Waals surface area contributed by atoms with Crippen molar-refractivity contribution in [1.29, 1.82) is 0 Å². The lowest BCUT2D eigenvalue weighted by molar-refractivity contribution is -0.138. The fourth-order valence-electron chi connectivity index (χ4n) is 2.61. The number of halogens is 2. The zero-order chi connectivity index (χ0) is 20.5. The van der Waals surface area contributed by atoms with Crippen LogP contribution >= 0.6 is 23.4 Å². The maximum atomic E-state index is 13.0. The minimum Gasteiger partial charge on any atom is -0.355 e. The first-order valence-electron chi connectivity index (χ1n) is 9.04. The second kappa shape index (κ2) is 11.1. The average Bonchev–Trinajstić information content (AvgIpc) is 2.68. The number of hydrogen-bond acceptors (Lipinski definition) is 3. The Bertz CT molecular complexity index is 784. The molecule has 0 bridgehead atoms. The van der Waals surface area contributed by atoms with Gasteiger partial charge in [-0.25, -0.2) is 4.39 Å². The molecule has 0 saturated carbocycles. The summed E-state index contributed by atoms with van der Waals surface area (Å²) in [5.41, 5.74) is 1.85. The Labute approximate surface area is 174 Å². The van der Waals surface area contributed by atoms with Crippen LogP contribution in [0.4, 0.5) is 4.39 Å². The fourth-order valence-corrected chi connectivity index (χ4v) is 3.61. The molecule has 0 aliphatic rings. The van der Waals surface area contributed by atoms with Gasteiger partial charge in [0.25, 0.3) is 0 Å². The fraction of sp³-hybridized carbons (Fsp3) is 0.333. The van der Waals surface area contributed by atoms with Crippen molar-refractivity contribution in [2.75, 3.05) is 12.3 Å². The minimum atomic E-state index is -0.588. The van der Waals surface area contributed by atoms with Gasteiger partial charge in [0.15, 0.2) is 0 Å². The van der Waals surface area contributed by atoms with Crippen LogP contribution < -0.4 is 5.32 Å². The summed E-state index contributed by atoms with van der Waals surface area (Å²) in [5.74, 6) is 0.231. The van der Waals surface area contributed by atoms with Gasteiger partial charge >= 0.3 is 0 Å². The van der Waals surface area contributed by atoms with Crippen LogP contribution in [0.3, 0.4) is 0 Å². The molecule has 7 heteroatoms. The molecule has 1 N–H and O–H groups in total. The number of rotatable bonds is 9. The summed E-state index contributed by atoms with van der Waals surface area (Å²) < 4.78 is 13.0. The Morgan fingerprint density at radius 1 is 1.11 bits per heavy atom. The molecule has 0 aliphatic heterocycles. The summed E-state index contributed by atoms with van der Waals surface area (Å²) in [7, 11) is 0. The highest BCUT2D eigenvalue weighted by Gasteiger charge is 2.25.